The van der Waals surface area contributed by atoms with E-state index in [-0.39, 0.29) is 0 Å². The molecule has 0 unspecified atom stereocenters. The Kier molecular flexibility index (Phi) is 4.21. The van der Waals surface area contributed by atoms with Crippen LogP contribution in [0.3, 0.4) is 0 Å². The van der Waals surface area contributed by atoms with Crippen molar-refractivity contribution in [2.24, 2.45) is 0 Å². The highest BCUT2D eigenvalue weighted by Gasteiger charge is 2.20. The predicted octanol–water partition coefficient (Wildman–Crippen LogP) is 3.26. The Morgan fingerprint density at radius 3 is 2.65 bits per heavy atom. The molecular formula is C14H25N3. The molecule has 1 heterocycles. The van der Waals surface area contributed by atoms with Crippen LogP contribution >= 0.6 is 0 Å². The number of imidazole rings is 1. The normalized spacial score (nSPS) is 17.9. The second-order valence-corrected chi connectivity index (χ2v) is 5.56. The van der Waals surface area contributed by atoms with Crippen LogP contribution in [0.1, 0.15) is 69.1 Å². The zero-order valence-corrected chi connectivity index (χ0v) is 11.3. The van der Waals surface area contributed by atoms with Crippen molar-refractivity contribution in [2.75, 3.05) is 0 Å². The lowest BCUT2D eigenvalue weighted by Gasteiger charge is -2.20. The third-order valence-corrected chi connectivity index (χ3v) is 3.64. The van der Waals surface area contributed by atoms with Crippen LogP contribution in [-0.2, 0) is 6.54 Å². The Bertz CT molecular complexity index is 348. The van der Waals surface area contributed by atoms with Crippen LogP contribution in [0.25, 0.3) is 0 Å². The highest BCUT2D eigenvalue weighted by atomic mass is 15.0. The quantitative estimate of drug-likeness (QED) is 0.841. The first-order valence-corrected chi connectivity index (χ1v) is 6.95. The van der Waals surface area contributed by atoms with Crippen molar-refractivity contribution in [2.45, 2.75) is 71.4 Å². The van der Waals surface area contributed by atoms with Gasteiger partial charge in [0, 0.05) is 17.7 Å². The zero-order chi connectivity index (χ0) is 12.3. The number of hydrogen-bond acceptors (Lipinski definition) is 2. The van der Waals surface area contributed by atoms with Crippen molar-refractivity contribution in [3.05, 3.63) is 17.2 Å². The summed E-state index contributed by atoms with van der Waals surface area (Å²) in [6.45, 7) is 7.34. The molecule has 0 amide bonds. The lowest BCUT2D eigenvalue weighted by atomic mass is 9.86. The minimum atomic E-state index is 0.513. The van der Waals surface area contributed by atoms with Gasteiger partial charge in [0.15, 0.2) is 0 Å². The van der Waals surface area contributed by atoms with Gasteiger partial charge in [-0.25, -0.2) is 4.98 Å². The number of nitrogens with zero attached hydrogens (tertiary/aromatic N) is 1. The van der Waals surface area contributed by atoms with Crippen molar-refractivity contribution >= 4 is 0 Å². The zero-order valence-electron chi connectivity index (χ0n) is 11.3. The fourth-order valence-corrected chi connectivity index (χ4v) is 2.70. The highest BCUT2D eigenvalue weighted by molar-refractivity contribution is 5.18. The van der Waals surface area contributed by atoms with Gasteiger partial charge >= 0.3 is 0 Å². The van der Waals surface area contributed by atoms with Gasteiger partial charge < -0.3 is 10.3 Å². The molecule has 2 N–H and O–H groups in total. The van der Waals surface area contributed by atoms with Crippen LogP contribution in [0.4, 0.5) is 0 Å². The van der Waals surface area contributed by atoms with Gasteiger partial charge in [-0.1, -0.05) is 33.1 Å². The van der Waals surface area contributed by atoms with E-state index in [4.69, 9.17) is 4.98 Å². The van der Waals surface area contributed by atoms with E-state index < -0.39 is 0 Å². The summed E-state index contributed by atoms with van der Waals surface area (Å²) in [4.78, 5) is 8.21. The molecular weight excluding hydrogens is 210 g/mol. The topological polar surface area (TPSA) is 40.7 Å². The number of aromatic nitrogens is 2. The first kappa shape index (κ1) is 12.6. The molecule has 0 atom stereocenters. The fraction of sp³-hybridized carbons (Fsp3) is 0.786. The van der Waals surface area contributed by atoms with E-state index in [0.29, 0.717) is 12.0 Å². The van der Waals surface area contributed by atoms with Crippen LogP contribution in [0.15, 0.2) is 0 Å². The molecule has 1 aromatic rings. The SMILES string of the molecule is Cc1[nH]c(CNC(C)C)nc1C1CCCCC1. The minimum Gasteiger partial charge on any atom is -0.345 e. The average molecular weight is 235 g/mol. The summed E-state index contributed by atoms with van der Waals surface area (Å²) >= 11 is 0. The molecule has 0 radical (unpaired) electrons. The van der Waals surface area contributed by atoms with Gasteiger partial charge in [-0.2, -0.15) is 0 Å². The maximum Gasteiger partial charge on any atom is 0.120 e. The predicted molar refractivity (Wildman–Crippen MR) is 71.1 cm³/mol. The Morgan fingerprint density at radius 1 is 1.29 bits per heavy atom. The first-order valence-electron chi connectivity index (χ1n) is 6.95. The molecule has 2 rings (SSSR count). The van der Waals surface area contributed by atoms with Gasteiger partial charge in [-0.05, 0) is 19.8 Å². The maximum atomic E-state index is 4.79. The van der Waals surface area contributed by atoms with E-state index in [1.54, 1.807) is 0 Å². The van der Waals surface area contributed by atoms with Crippen LogP contribution in [-0.4, -0.2) is 16.0 Å². The van der Waals surface area contributed by atoms with Crippen LogP contribution in [0.5, 0.6) is 0 Å². The van der Waals surface area contributed by atoms with Gasteiger partial charge in [0.2, 0.25) is 0 Å². The molecule has 0 aliphatic heterocycles. The molecule has 1 saturated carbocycles. The Balaban J connectivity index is 2.02. The Morgan fingerprint density at radius 2 is 2.00 bits per heavy atom. The molecule has 1 aromatic heterocycles. The lowest BCUT2D eigenvalue weighted by molar-refractivity contribution is 0.435. The molecule has 0 bridgehead atoms. The van der Waals surface area contributed by atoms with Crippen LogP contribution in [0.2, 0.25) is 0 Å². The van der Waals surface area contributed by atoms with Crippen molar-refractivity contribution in [1.82, 2.24) is 15.3 Å². The van der Waals surface area contributed by atoms with Gasteiger partial charge in [0.25, 0.3) is 0 Å². The highest BCUT2D eigenvalue weighted by Crippen LogP contribution is 2.33. The van der Waals surface area contributed by atoms with E-state index in [1.165, 1.54) is 43.5 Å². The molecule has 0 saturated heterocycles. The maximum absolute atomic E-state index is 4.79. The number of nitrogens with one attached hydrogen (secondary N) is 2. The van der Waals surface area contributed by atoms with Gasteiger partial charge in [-0.15, -0.1) is 0 Å². The third kappa shape index (κ3) is 3.32. The standard InChI is InChI=1S/C14H25N3/c1-10(2)15-9-13-16-11(3)14(17-13)12-7-5-4-6-8-12/h10,12,15H,4-9H2,1-3H3,(H,16,17). The number of aromatic amines is 1. The fourth-order valence-electron chi connectivity index (χ4n) is 2.70. The summed E-state index contributed by atoms with van der Waals surface area (Å²) in [7, 11) is 0. The van der Waals surface area contributed by atoms with Gasteiger partial charge in [0.1, 0.15) is 5.82 Å². The molecule has 17 heavy (non-hydrogen) atoms. The van der Waals surface area contributed by atoms with E-state index in [0.717, 1.165) is 12.4 Å². The average Bonchev–Trinajstić information content (AvgIpc) is 2.69. The molecule has 1 aliphatic carbocycles. The Labute approximate surface area is 104 Å². The summed E-state index contributed by atoms with van der Waals surface area (Å²) in [5.74, 6) is 1.80. The number of H-pyrrole nitrogens is 1. The summed E-state index contributed by atoms with van der Waals surface area (Å²) in [6, 6.07) is 0.513. The van der Waals surface area contributed by atoms with E-state index in [2.05, 4.69) is 31.1 Å². The summed E-state index contributed by atoms with van der Waals surface area (Å²) in [6.07, 6.45) is 6.79. The first-order chi connectivity index (χ1) is 8.16. The summed E-state index contributed by atoms with van der Waals surface area (Å²) < 4.78 is 0. The lowest BCUT2D eigenvalue weighted by Crippen LogP contribution is -2.22. The second kappa shape index (κ2) is 5.67. The molecule has 1 fully saturated rings. The van der Waals surface area contributed by atoms with Gasteiger partial charge in [-0.3, -0.25) is 0 Å². The molecule has 3 nitrogen and oxygen atoms in total. The monoisotopic (exact) mass is 235 g/mol. The van der Waals surface area contributed by atoms with Crippen LogP contribution in [0, 0.1) is 6.92 Å². The smallest absolute Gasteiger partial charge is 0.120 e. The number of hydrogen-bond donors (Lipinski definition) is 2. The number of aryl methyl sites for hydroxylation is 1. The minimum absolute atomic E-state index is 0.513. The van der Waals surface area contributed by atoms with E-state index in [9.17, 15) is 0 Å². The van der Waals surface area contributed by atoms with Crippen molar-refractivity contribution < 1.29 is 0 Å². The summed E-state index contributed by atoms with van der Waals surface area (Å²) in [5, 5.41) is 3.41. The van der Waals surface area contributed by atoms with E-state index >= 15 is 0 Å². The van der Waals surface area contributed by atoms with Crippen molar-refractivity contribution in [3.8, 4) is 0 Å². The third-order valence-electron chi connectivity index (χ3n) is 3.64. The molecule has 0 aromatic carbocycles. The van der Waals surface area contributed by atoms with Gasteiger partial charge in [0.05, 0.1) is 12.2 Å². The molecule has 0 spiro atoms. The summed E-state index contributed by atoms with van der Waals surface area (Å²) in [5.41, 5.74) is 2.60. The largest absolute Gasteiger partial charge is 0.345 e. The number of rotatable bonds is 4. The van der Waals surface area contributed by atoms with Crippen LogP contribution < -0.4 is 5.32 Å². The molecule has 3 heteroatoms. The van der Waals surface area contributed by atoms with Crippen molar-refractivity contribution in [1.29, 1.82) is 0 Å². The second-order valence-electron chi connectivity index (χ2n) is 5.56. The van der Waals surface area contributed by atoms with Crippen molar-refractivity contribution in [3.63, 3.8) is 0 Å². The van der Waals surface area contributed by atoms with E-state index in [1.807, 2.05) is 0 Å². The molecule has 96 valence electrons. The Hall–Kier alpha value is -0.830. The molecule has 1 aliphatic rings.